The van der Waals surface area contributed by atoms with Gasteiger partial charge in [-0.2, -0.15) is 0 Å². The summed E-state index contributed by atoms with van der Waals surface area (Å²) in [6, 6.07) is 8.52. The summed E-state index contributed by atoms with van der Waals surface area (Å²) < 4.78 is 0. The molecule has 3 nitrogen and oxygen atoms in total. The minimum absolute atomic E-state index is 0.0772. The van der Waals surface area contributed by atoms with Crippen LogP contribution in [0.15, 0.2) is 24.3 Å². The molecule has 34 heavy (non-hydrogen) atoms. The maximum Gasteiger partial charge on any atom is 0.142 e. The van der Waals surface area contributed by atoms with Gasteiger partial charge >= 0.3 is 0 Å². The Labute approximate surface area is 209 Å². The van der Waals surface area contributed by atoms with Gasteiger partial charge in [0, 0.05) is 17.7 Å². The highest BCUT2D eigenvalue weighted by Crippen LogP contribution is 2.48. The predicted octanol–water partition coefficient (Wildman–Crippen LogP) is 8.84. The van der Waals surface area contributed by atoms with Crippen LogP contribution in [-0.2, 0) is 21.7 Å². The molecule has 3 heteroatoms. The molecule has 2 aromatic carbocycles. The van der Waals surface area contributed by atoms with Gasteiger partial charge in [-0.3, -0.25) is 0 Å². The van der Waals surface area contributed by atoms with Crippen LogP contribution in [0, 0.1) is 0 Å². The Hall–Kier alpha value is -2.16. The van der Waals surface area contributed by atoms with Crippen molar-refractivity contribution in [3.8, 4) is 11.5 Å². The van der Waals surface area contributed by atoms with Gasteiger partial charge in [-0.05, 0) is 51.3 Å². The second kappa shape index (κ2) is 9.13. The third kappa shape index (κ3) is 5.90. The molecule has 0 atom stereocenters. The first kappa shape index (κ1) is 28.1. The lowest BCUT2D eigenvalue weighted by molar-refractivity contribution is 0.440. The van der Waals surface area contributed by atoms with Crippen molar-refractivity contribution in [3.63, 3.8) is 0 Å². The monoisotopic (exact) mass is 467 g/mol. The standard InChI is InChI=1S/C31H49NO2/c1-14-15-32(24-18-20(28(2,3)4)16-22(26(24)33)30(8,9)10)25-19-21(29(5,6)7)17-23(27(25)34)31(11,12)13/h16-19,33-34H,14-15H2,1-13H3. The largest absolute Gasteiger partial charge is 0.505 e. The van der Waals surface area contributed by atoms with E-state index in [0.29, 0.717) is 18.0 Å². The number of hydrogen-bond acceptors (Lipinski definition) is 3. The van der Waals surface area contributed by atoms with Gasteiger partial charge in [0.25, 0.3) is 0 Å². The summed E-state index contributed by atoms with van der Waals surface area (Å²) in [5, 5.41) is 23.2. The summed E-state index contributed by atoms with van der Waals surface area (Å²) in [4.78, 5) is 2.12. The summed E-state index contributed by atoms with van der Waals surface area (Å²) in [6.45, 7) is 28.9. The smallest absolute Gasteiger partial charge is 0.142 e. The maximum atomic E-state index is 11.6. The average molecular weight is 468 g/mol. The summed E-state index contributed by atoms with van der Waals surface area (Å²) in [7, 11) is 0. The summed E-state index contributed by atoms with van der Waals surface area (Å²) >= 11 is 0. The predicted molar refractivity (Wildman–Crippen MR) is 148 cm³/mol. The van der Waals surface area contributed by atoms with Gasteiger partial charge in [0.2, 0.25) is 0 Å². The summed E-state index contributed by atoms with van der Waals surface area (Å²) in [5.74, 6) is 0.596. The highest BCUT2D eigenvalue weighted by Gasteiger charge is 2.31. The SMILES string of the molecule is CCCN(c1cc(C(C)(C)C)cc(C(C)(C)C)c1O)c1cc(C(C)(C)C)cc(C(C)(C)C)c1O. The second-order valence-electron chi connectivity index (χ2n) is 13.9. The number of aromatic hydroxyl groups is 2. The first-order chi connectivity index (χ1) is 15.2. The van der Waals surface area contributed by atoms with Crippen molar-refractivity contribution in [3.05, 3.63) is 46.5 Å². The average Bonchev–Trinajstić information content (AvgIpc) is 2.63. The number of hydrogen-bond donors (Lipinski definition) is 2. The van der Waals surface area contributed by atoms with Gasteiger partial charge in [0.1, 0.15) is 11.5 Å². The van der Waals surface area contributed by atoms with E-state index in [9.17, 15) is 10.2 Å². The Bertz CT molecular complexity index is 940. The fourth-order valence-electron chi connectivity index (χ4n) is 4.25. The first-order valence-electron chi connectivity index (χ1n) is 12.7. The molecule has 0 bridgehead atoms. The number of phenols is 2. The summed E-state index contributed by atoms with van der Waals surface area (Å²) in [6.07, 6.45) is 0.883. The van der Waals surface area contributed by atoms with Gasteiger partial charge in [-0.15, -0.1) is 0 Å². The molecular formula is C31H49NO2. The molecule has 0 unspecified atom stereocenters. The normalized spacial score (nSPS) is 13.3. The molecule has 0 aliphatic rings. The van der Waals surface area contributed by atoms with E-state index in [1.54, 1.807) is 0 Å². The molecule has 0 radical (unpaired) electrons. The first-order valence-corrected chi connectivity index (χ1v) is 12.7. The molecule has 0 fully saturated rings. The fourth-order valence-corrected chi connectivity index (χ4v) is 4.25. The van der Waals surface area contributed by atoms with Gasteiger partial charge < -0.3 is 15.1 Å². The van der Waals surface area contributed by atoms with Crippen LogP contribution in [0.2, 0.25) is 0 Å². The van der Waals surface area contributed by atoms with Crippen molar-refractivity contribution in [1.82, 2.24) is 0 Å². The Morgan fingerprint density at radius 2 is 0.882 bits per heavy atom. The van der Waals surface area contributed by atoms with Crippen LogP contribution in [0.1, 0.15) is 119 Å². The van der Waals surface area contributed by atoms with Gasteiger partial charge in [-0.1, -0.05) is 102 Å². The molecule has 0 saturated carbocycles. The molecule has 0 aromatic heterocycles. The fraction of sp³-hybridized carbons (Fsp3) is 0.613. The zero-order valence-electron chi connectivity index (χ0n) is 24.1. The Morgan fingerprint density at radius 1 is 0.559 bits per heavy atom. The van der Waals surface area contributed by atoms with Gasteiger partial charge in [0.15, 0.2) is 0 Å². The molecule has 0 aliphatic carbocycles. The van der Waals surface area contributed by atoms with Crippen molar-refractivity contribution >= 4 is 11.4 Å². The molecule has 2 aromatic rings. The molecule has 2 rings (SSSR count). The van der Waals surface area contributed by atoms with E-state index < -0.39 is 0 Å². The molecule has 0 heterocycles. The number of rotatable bonds is 4. The van der Waals surface area contributed by atoms with E-state index >= 15 is 0 Å². The van der Waals surface area contributed by atoms with Crippen molar-refractivity contribution in [2.24, 2.45) is 0 Å². The third-order valence-electron chi connectivity index (χ3n) is 6.56. The van der Waals surface area contributed by atoms with Crippen LogP contribution < -0.4 is 4.90 Å². The van der Waals surface area contributed by atoms with Crippen molar-refractivity contribution in [2.75, 3.05) is 11.4 Å². The van der Waals surface area contributed by atoms with E-state index in [-0.39, 0.29) is 21.7 Å². The van der Waals surface area contributed by atoms with Crippen LogP contribution in [0.5, 0.6) is 11.5 Å². The van der Waals surface area contributed by atoms with Crippen LogP contribution in [-0.4, -0.2) is 16.8 Å². The van der Waals surface area contributed by atoms with Crippen LogP contribution in [0.25, 0.3) is 0 Å². The second-order valence-corrected chi connectivity index (χ2v) is 13.9. The molecule has 0 amide bonds. The van der Waals surface area contributed by atoms with Crippen molar-refractivity contribution in [1.29, 1.82) is 0 Å². The highest BCUT2D eigenvalue weighted by molar-refractivity contribution is 5.77. The number of nitrogens with zero attached hydrogens (tertiary/aromatic N) is 1. The third-order valence-corrected chi connectivity index (χ3v) is 6.56. The number of phenolic OH excluding ortho intramolecular Hbond substituents is 2. The topological polar surface area (TPSA) is 43.7 Å². The van der Waals surface area contributed by atoms with Crippen molar-refractivity contribution < 1.29 is 10.2 Å². The van der Waals surface area contributed by atoms with E-state index in [0.717, 1.165) is 28.9 Å². The van der Waals surface area contributed by atoms with Crippen LogP contribution in [0.3, 0.4) is 0 Å². The lowest BCUT2D eigenvalue weighted by Gasteiger charge is -2.34. The zero-order chi connectivity index (χ0) is 26.4. The minimum Gasteiger partial charge on any atom is -0.505 e. The van der Waals surface area contributed by atoms with E-state index in [1.807, 2.05) is 0 Å². The van der Waals surface area contributed by atoms with Crippen LogP contribution in [0.4, 0.5) is 11.4 Å². The Kier molecular flexibility index (Phi) is 7.54. The number of anilines is 2. The molecule has 190 valence electrons. The minimum atomic E-state index is -0.218. The quantitative estimate of drug-likeness (QED) is 0.472. The lowest BCUT2D eigenvalue weighted by Crippen LogP contribution is -2.24. The Morgan fingerprint density at radius 3 is 1.12 bits per heavy atom. The lowest BCUT2D eigenvalue weighted by atomic mass is 9.79. The maximum absolute atomic E-state index is 11.6. The molecular weight excluding hydrogens is 418 g/mol. The van der Waals surface area contributed by atoms with Gasteiger partial charge in [-0.25, -0.2) is 0 Å². The molecule has 2 N–H and O–H groups in total. The molecule has 0 aliphatic heterocycles. The Balaban J connectivity index is 3.00. The number of benzene rings is 2. The van der Waals surface area contributed by atoms with Gasteiger partial charge in [0.05, 0.1) is 11.4 Å². The summed E-state index contributed by atoms with van der Waals surface area (Å²) in [5.41, 5.74) is 5.15. The zero-order valence-corrected chi connectivity index (χ0v) is 24.1. The van der Waals surface area contributed by atoms with Crippen molar-refractivity contribution in [2.45, 2.75) is 118 Å². The van der Waals surface area contributed by atoms with Crippen LogP contribution >= 0.6 is 0 Å². The molecule has 0 saturated heterocycles. The van der Waals surface area contributed by atoms with E-state index in [1.165, 1.54) is 11.1 Å². The molecule has 0 spiro atoms. The van der Waals surface area contributed by atoms with E-state index in [4.69, 9.17) is 0 Å². The highest BCUT2D eigenvalue weighted by atomic mass is 16.3. The van der Waals surface area contributed by atoms with E-state index in [2.05, 4.69) is 119 Å².